The SMILES string of the molecule is CN(C)C1(C(N)=O)CCN(C(=O)CCCSc2nc3ccccc3[nH]2)C1. The van der Waals surface area contributed by atoms with Crippen molar-refractivity contribution in [1.82, 2.24) is 19.8 Å². The number of nitrogens with two attached hydrogens (primary N) is 1. The summed E-state index contributed by atoms with van der Waals surface area (Å²) in [5, 5.41) is 0.875. The second kappa shape index (κ2) is 7.67. The lowest BCUT2D eigenvalue weighted by Gasteiger charge is -2.32. The molecule has 0 radical (unpaired) electrons. The molecular formula is C18H25N5O2S. The van der Waals surface area contributed by atoms with Crippen LogP contribution in [0.4, 0.5) is 0 Å². The zero-order chi connectivity index (χ0) is 18.7. The van der Waals surface area contributed by atoms with Crippen LogP contribution in [0, 0.1) is 0 Å². The lowest BCUT2D eigenvalue weighted by Crippen LogP contribution is -2.56. The smallest absolute Gasteiger partial charge is 0.239 e. The van der Waals surface area contributed by atoms with Crippen molar-refractivity contribution in [3.05, 3.63) is 24.3 Å². The van der Waals surface area contributed by atoms with Crippen LogP contribution in [0.2, 0.25) is 0 Å². The number of H-pyrrole nitrogens is 1. The van der Waals surface area contributed by atoms with Crippen LogP contribution in [-0.4, -0.2) is 70.1 Å². The number of likely N-dealkylation sites (tertiary alicyclic amines) is 1. The zero-order valence-corrected chi connectivity index (χ0v) is 16.0. The molecule has 1 aromatic heterocycles. The first-order valence-electron chi connectivity index (χ1n) is 8.75. The molecule has 2 heterocycles. The molecule has 140 valence electrons. The van der Waals surface area contributed by atoms with Gasteiger partial charge in [0.1, 0.15) is 5.54 Å². The summed E-state index contributed by atoms with van der Waals surface area (Å²) >= 11 is 1.62. The summed E-state index contributed by atoms with van der Waals surface area (Å²) in [5.41, 5.74) is 6.82. The Kier molecular flexibility index (Phi) is 5.52. The van der Waals surface area contributed by atoms with E-state index in [1.54, 1.807) is 16.7 Å². The maximum atomic E-state index is 12.5. The fraction of sp³-hybridized carbons (Fsp3) is 0.500. The minimum absolute atomic E-state index is 0.0835. The van der Waals surface area contributed by atoms with Gasteiger partial charge in [-0.15, -0.1) is 0 Å². The standard InChI is InChI=1S/C18H25N5O2S/c1-22(2)18(16(19)25)9-10-23(12-18)15(24)8-5-11-26-17-20-13-6-3-4-7-14(13)21-17/h3-4,6-7H,5,8-12H2,1-2H3,(H2,19,25)(H,20,21). The van der Waals surface area contributed by atoms with Gasteiger partial charge in [-0.05, 0) is 39.1 Å². The van der Waals surface area contributed by atoms with Crippen molar-refractivity contribution >= 4 is 34.6 Å². The fourth-order valence-electron chi connectivity index (χ4n) is 3.34. The van der Waals surface area contributed by atoms with E-state index in [0.29, 0.717) is 25.9 Å². The summed E-state index contributed by atoms with van der Waals surface area (Å²) < 4.78 is 0. The highest BCUT2D eigenvalue weighted by Crippen LogP contribution is 2.27. The molecule has 1 aromatic carbocycles. The number of thioether (sulfide) groups is 1. The van der Waals surface area contributed by atoms with Gasteiger partial charge >= 0.3 is 0 Å². The van der Waals surface area contributed by atoms with E-state index >= 15 is 0 Å². The van der Waals surface area contributed by atoms with Crippen LogP contribution in [0.5, 0.6) is 0 Å². The molecule has 0 saturated carbocycles. The van der Waals surface area contributed by atoms with E-state index in [9.17, 15) is 9.59 Å². The molecular weight excluding hydrogens is 350 g/mol. The highest BCUT2D eigenvalue weighted by Gasteiger charge is 2.46. The van der Waals surface area contributed by atoms with Crippen molar-refractivity contribution < 1.29 is 9.59 Å². The van der Waals surface area contributed by atoms with Gasteiger partial charge < -0.3 is 15.6 Å². The maximum Gasteiger partial charge on any atom is 0.239 e. The third-order valence-electron chi connectivity index (χ3n) is 5.06. The minimum Gasteiger partial charge on any atom is -0.368 e. The third kappa shape index (κ3) is 3.71. The van der Waals surface area contributed by atoms with Crippen LogP contribution in [-0.2, 0) is 9.59 Å². The van der Waals surface area contributed by atoms with Crippen molar-refractivity contribution in [1.29, 1.82) is 0 Å². The molecule has 1 fully saturated rings. The Labute approximate surface area is 157 Å². The van der Waals surface area contributed by atoms with Crippen LogP contribution in [0.3, 0.4) is 0 Å². The first kappa shape index (κ1) is 18.7. The number of carbonyl (C=O) groups excluding carboxylic acids is 2. The minimum atomic E-state index is -0.737. The van der Waals surface area contributed by atoms with Gasteiger partial charge in [0, 0.05) is 25.3 Å². The Hall–Kier alpha value is -2.06. The lowest BCUT2D eigenvalue weighted by molar-refractivity contribution is -0.132. The van der Waals surface area contributed by atoms with Gasteiger partial charge in [-0.2, -0.15) is 0 Å². The zero-order valence-electron chi connectivity index (χ0n) is 15.2. The van der Waals surface area contributed by atoms with Crippen LogP contribution < -0.4 is 5.73 Å². The van der Waals surface area contributed by atoms with Crippen molar-refractivity contribution in [2.45, 2.75) is 30.0 Å². The number of imidazole rings is 1. The monoisotopic (exact) mass is 375 g/mol. The number of primary amides is 1. The summed E-state index contributed by atoms with van der Waals surface area (Å²) in [5.74, 6) is 0.534. The summed E-state index contributed by atoms with van der Waals surface area (Å²) in [7, 11) is 3.67. The predicted molar refractivity (Wildman–Crippen MR) is 103 cm³/mol. The molecule has 1 aliphatic heterocycles. The molecule has 7 nitrogen and oxygen atoms in total. The van der Waals surface area contributed by atoms with E-state index in [0.717, 1.165) is 28.4 Å². The Morgan fingerprint density at radius 3 is 2.81 bits per heavy atom. The molecule has 1 saturated heterocycles. The molecule has 0 spiro atoms. The highest BCUT2D eigenvalue weighted by atomic mass is 32.2. The van der Waals surface area contributed by atoms with E-state index in [-0.39, 0.29) is 11.8 Å². The van der Waals surface area contributed by atoms with E-state index in [1.807, 2.05) is 43.3 Å². The van der Waals surface area contributed by atoms with Crippen molar-refractivity contribution in [2.24, 2.45) is 5.73 Å². The molecule has 3 N–H and O–H groups in total. The number of fused-ring (bicyclic) bond motifs is 1. The average molecular weight is 375 g/mol. The van der Waals surface area contributed by atoms with Crippen LogP contribution in [0.1, 0.15) is 19.3 Å². The molecule has 0 aliphatic carbocycles. The van der Waals surface area contributed by atoms with Gasteiger partial charge in [-0.25, -0.2) is 4.98 Å². The van der Waals surface area contributed by atoms with Gasteiger partial charge in [0.05, 0.1) is 11.0 Å². The highest BCUT2D eigenvalue weighted by molar-refractivity contribution is 7.99. The number of amides is 2. The Morgan fingerprint density at radius 2 is 2.15 bits per heavy atom. The number of hydrogen-bond acceptors (Lipinski definition) is 5. The van der Waals surface area contributed by atoms with E-state index in [2.05, 4.69) is 9.97 Å². The number of nitrogens with zero attached hydrogens (tertiary/aromatic N) is 3. The lowest BCUT2D eigenvalue weighted by atomic mass is 9.96. The van der Waals surface area contributed by atoms with Gasteiger partial charge in [0.15, 0.2) is 5.16 Å². The summed E-state index contributed by atoms with van der Waals surface area (Å²) in [6.07, 6.45) is 1.83. The number of nitrogens with one attached hydrogen (secondary N) is 1. The molecule has 1 unspecified atom stereocenters. The molecule has 8 heteroatoms. The molecule has 0 bridgehead atoms. The summed E-state index contributed by atoms with van der Waals surface area (Å²) in [6.45, 7) is 0.960. The number of rotatable bonds is 7. The molecule has 2 amide bonds. The van der Waals surface area contributed by atoms with E-state index in [1.165, 1.54) is 0 Å². The number of aromatic nitrogens is 2. The van der Waals surface area contributed by atoms with Crippen LogP contribution >= 0.6 is 11.8 Å². The third-order valence-corrected chi connectivity index (χ3v) is 6.02. The van der Waals surface area contributed by atoms with Gasteiger partial charge in [-0.3, -0.25) is 14.5 Å². The van der Waals surface area contributed by atoms with Gasteiger partial charge in [0.25, 0.3) is 0 Å². The van der Waals surface area contributed by atoms with Gasteiger partial charge in [0.2, 0.25) is 11.8 Å². The number of likely N-dealkylation sites (N-methyl/N-ethyl adjacent to an activating group) is 1. The molecule has 1 atom stereocenters. The average Bonchev–Trinajstić information content (AvgIpc) is 3.23. The van der Waals surface area contributed by atoms with Crippen molar-refractivity contribution in [3.63, 3.8) is 0 Å². The molecule has 1 aliphatic rings. The van der Waals surface area contributed by atoms with Crippen molar-refractivity contribution in [3.8, 4) is 0 Å². The first-order chi connectivity index (χ1) is 12.4. The van der Waals surface area contributed by atoms with Crippen molar-refractivity contribution in [2.75, 3.05) is 32.9 Å². The number of aromatic amines is 1. The fourth-order valence-corrected chi connectivity index (χ4v) is 4.17. The van der Waals surface area contributed by atoms with Crippen LogP contribution in [0.25, 0.3) is 11.0 Å². The quantitative estimate of drug-likeness (QED) is 0.564. The molecule has 2 aromatic rings. The number of hydrogen-bond donors (Lipinski definition) is 2. The number of para-hydroxylation sites is 2. The second-order valence-corrected chi connectivity index (χ2v) is 7.95. The Morgan fingerprint density at radius 1 is 1.38 bits per heavy atom. The predicted octanol–water partition coefficient (Wildman–Crippen LogP) is 1.45. The molecule has 26 heavy (non-hydrogen) atoms. The maximum absolute atomic E-state index is 12.5. The first-order valence-corrected chi connectivity index (χ1v) is 9.73. The van der Waals surface area contributed by atoms with Crippen LogP contribution in [0.15, 0.2) is 29.4 Å². The Balaban J connectivity index is 1.46. The Bertz CT molecular complexity index is 773. The number of carbonyl (C=O) groups is 2. The van der Waals surface area contributed by atoms with E-state index < -0.39 is 5.54 Å². The number of benzene rings is 1. The summed E-state index contributed by atoms with van der Waals surface area (Å²) in [6, 6.07) is 7.91. The summed E-state index contributed by atoms with van der Waals surface area (Å²) in [4.78, 5) is 35.7. The second-order valence-electron chi connectivity index (χ2n) is 6.87. The van der Waals surface area contributed by atoms with E-state index in [4.69, 9.17) is 5.73 Å². The largest absolute Gasteiger partial charge is 0.368 e. The normalized spacial score (nSPS) is 20.2. The molecule has 3 rings (SSSR count). The topological polar surface area (TPSA) is 95.3 Å². The van der Waals surface area contributed by atoms with Gasteiger partial charge in [-0.1, -0.05) is 23.9 Å².